The van der Waals surface area contributed by atoms with Crippen molar-refractivity contribution < 1.29 is 4.42 Å². The van der Waals surface area contributed by atoms with Crippen LogP contribution in [0.2, 0.25) is 0 Å². The molecule has 0 fully saturated rings. The lowest BCUT2D eigenvalue weighted by molar-refractivity contribution is 0.506. The summed E-state index contributed by atoms with van der Waals surface area (Å²) in [5, 5.41) is 16.1. The van der Waals surface area contributed by atoms with E-state index in [1.165, 1.54) is 0 Å². The molecular weight excluding hydrogens is 218 g/mol. The van der Waals surface area contributed by atoms with E-state index in [1.54, 1.807) is 0 Å². The Hall–Kier alpha value is -1.82. The monoisotopic (exact) mass is 233 g/mol. The van der Waals surface area contributed by atoms with Gasteiger partial charge in [-0.2, -0.15) is 10.2 Å². The van der Waals surface area contributed by atoms with E-state index >= 15 is 0 Å². The third kappa shape index (κ3) is 2.47. The molecule has 0 aliphatic carbocycles. The lowest BCUT2D eigenvalue weighted by atomic mass is 10.1. The minimum absolute atomic E-state index is 0.489. The number of hydrogen-bond donors (Lipinski definition) is 1. The van der Waals surface area contributed by atoms with Crippen molar-refractivity contribution in [1.82, 2.24) is 20.4 Å². The van der Waals surface area contributed by atoms with Crippen LogP contribution in [0, 0.1) is 6.92 Å². The first-order chi connectivity index (χ1) is 8.24. The number of rotatable bonds is 4. The van der Waals surface area contributed by atoms with Crippen molar-refractivity contribution in [2.24, 2.45) is 5.73 Å². The lowest BCUT2D eigenvalue weighted by Gasteiger charge is -2.02. The Morgan fingerprint density at radius 1 is 1.24 bits per heavy atom. The van der Waals surface area contributed by atoms with Gasteiger partial charge >= 0.3 is 0 Å². The fourth-order valence-corrected chi connectivity index (χ4v) is 1.55. The van der Waals surface area contributed by atoms with Gasteiger partial charge in [0.05, 0.1) is 17.0 Å². The van der Waals surface area contributed by atoms with Crippen LogP contribution in [-0.4, -0.2) is 26.9 Å². The second-order valence-corrected chi connectivity index (χ2v) is 3.74. The van der Waals surface area contributed by atoms with Crippen LogP contribution in [0.3, 0.4) is 0 Å². The van der Waals surface area contributed by atoms with Crippen LogP contribution >= 0.6 is 0 Å². The van der Waals surface area contributed by atoms with E-state index in [0.29, 0.717) is 24.7 Å². The van der Waals surface area contributed by atoms with Crippen LogP contribution < -0.4 is 5.73 Å². The second kappa shape index (κ2) is 5.01. The molecule has 0 saturated carbocycles. The minimum Gasteiger partial charge on any atom is -0.421 e. The molecule has 2 aromatic rings. The molecule has 0 radical (unpaired) electrons. The molecule has 17 heavy (non-hydrogen) atoms. The molecule has 0 amide bonds. The van der Waals surface area contributed by atoms with Crippen molar-refractivity contribution >= 4 is 0 Å². The highest BCUT2D eigenvalue weighted by molar-refractivity contribution is 5.56. The van der Waals surface area contributed by atoms with Crippen molar-refractivity contribution in [1.29, 1.82) is 0 Å². The molecule has 0 saturated heterocycles. The third-order valence-corrected chi connectivity index (χ3v) is 2.38. The predicted molar refractivity (Wildman–Crippen MR) is 62.2 cm³/mol. The Balaban J connectivity index is 2.40. The van der Waals surface area contributed by atoms with Gasteiger partial charge in [0.2, 0.25) is 11.8 Å². The van der Waals surface area contributed by atoms with Gasteiger partial charge in [-0.25, -0.2) is 0 Å². The van der Waals surface area contributed by atoms with Gasteiger partial charge in [0.25, 0.3) is 0 Å². The van der Waals surface area contributed by atoms with E-state index in [0.717, 1.165) is 23.4 Å². The average molecular weight is 233 g/mol. The zero-order chi connectivity index (χ0) is 12.3. The predicted octanol–water partition coefficient (Wildman–Crippen LogP) is 0.899. The normalized spacial score (nSPS) is 10.8. The molecule has 2 N–H and O–H groups in total. The number of hydrogen-bond acceptors (Lipinski definition) is 6. The van der Waals surface area contributed by atoms with Gasteiger partial charge in [0, 0.05) is 13.0 Å². The summed E-state index contributed by atoms with van der Waals surface area (Å²) >= 11 is 0. The van der Waals surface area contributed by atoms with E-state index in [9.17, 15) is 0 Å². The zero-order valence-corrected chi connectivity index (χ0v) is 9.97. The summed E-state index contributed by atoms with van der Waals surface area (Å²) in [6.07, 6.45) is 1.36. The molecule has 90 valence electrons. The van der Waals surface area contributed by atoms with Crippen LogP contribution in [-0.2, 0) is 12.8 Å². The zero-order valence-electron chi connectivity index (χ0n) is 9.97. The molecule has 0 aliphatic rings. The Morgan fingerprint density at radius 2 is 2.06 bits per heavy atom. The maximum atomic E-state index is 5.54. The topological polar surface area (TPSA) is 90.7 Å². The molecule has 6 heteroatoms. The highest BCUT2D eigenvalue weighted by Gasteiger charge is 2.13. The van der Waals surface area contributed by atoms with Crippen molar-refractivity contribution in [3.8, 4) is 11.5 Å². The molecule has 2 rings (SSSR count). The van der Waals surface area contributed by atoms with Crippen molar-refractivity contribution in [3.05, 3.63) is 23.3 Å². The molecule has 0 unspecified atom stereocenters. The largest absolute Gasteiger partial charge is 0.421 e. The first-order valence-corrected chi connectivity index (χ1v) is 5.60. The highest BCUT2D eigenvalue weighted by Crippen LogP contribution is 2.21. The molecular formula is C11H15N5O. The minimum atomic E-state index is 0.489. The number of aromatic nitrogens is 4. The first-order valence-electron chi connectivity index (χ1n) is 5.60. The maximum absolute atomic E-state index is 5.54. The summed E-state index contributed by atoms with van der Waals surface area (Å²) in [5.74, 6) is 1.04. The summed E-state index contributed by atoms with van der Waals surface area (Å²) in [6, 6.07) is 1.91. The van der Waals surface area contributed by atoms with Gasteiger partial charge in [0.1, 0.15) is 0 Å². The Labute approximate surface area is 99.3 Å². The Kier molecular flexibility index (Phi) is 3.43. The van der Waals surface area contributed by atoms with Gasteiger partial charge in [-0.15, -0.1) is 10.2 Å². The number of aryl methyl sites for hydroxylation is 2. The molecule has 0 aliphatic heterocycles. The van der Waals surface area contributed by atoms with Gasteiger partial charge in [-0.1, -0.05) is 6.92 Å². The van der Waals surface area contributed by atoms with E-state index in [4.69, 9.17) is 10.2 Å². The lowest BCUT2D eigenvalue weighted by Crippen LogP contribution is -2.02. The summed E-state index contributed by atoms with van der Waals surface area (Å²) in [7, 11) is 0. The summed E-state index contributed by atoms with van der Waals surface area (Å²) in [5.41, 5.74) is 7.98. The number of nitrogens with zero attached hydrogens (tertiary/aromatic N) is 4. The van der Waals surface area contributed by atoms with E-state index in [1.807, 2.05) is 19.9 Å². The third-order valence-electron chi connectivity index (χ3n) is 2.38. The van der Waals surface area contributed by atoms with Crippen molar-refractivity contribution in [2.45, 2.75) is 26.7 Å². The van der Waals surface area contributed by atoms with Gasteiger partial charge in [-0.05, 0) is 19.4 Å². The van der Waals surface area contributed by atoms with Gasteiger partial charge in [-0.3, -0.25) is 0 Å². The van der Waals surface area contributed by atoms with Crippen molar-refractivity contribution in [2.75, 3.05) is 6.54 Å². The second-order valence-electron chi connectivity index (χ2n) is 3.74. The molecule has 0 atom stereocenters. The molecule has 0 spiro atoms. The quantitative estimate of drug-likeness (QED) is 0.843. The SMILES string of the molecule is CCc1nnc(C)cc1-c1nnc(CCN)o1. The molecule has 0 bridgehead atoms. The van der Waals surface area contributed by atoms with Gasteiger partial charge in [0.15, 0.2) is 0 Å². The van der Waals surface area contributed by atoms with E-state index in [2.05, 4.69) is 20.4 Å². The van der Waals surface area contributed by atoms with Crippen molar-refractivity contribution in [3.63, 3.8) is 0 Å². The highest BCUT2D eigenvalue weighted by atomic mass is 16.4. The first kappa shape index (κ1) is 11.7. The summed E-state index contributed by atoms with van der Waals surface area (Å²) < 4.78 is 5.54. The van der Waals surface area contributed by atoms with Crippen LogP contribution in [0.25, 0.3) is 11.5 Å². The fourth-order valence-electron chi connectivity index (χ4n) is 1.55. The maximum Gasteiger partial charge on any atom is 0.249 e. The standard InChI is InChI=1S/C11H15N5O/c1-3-9-8(6-7(2)13-14-9)11-16-15-10(17-11)4-5-12/h6H,3-5,12H2,1-2H3. The molecule has 0 aromatic carbocycles. The summed E-state index contributed by atoms with van der Waals surface area (Å²) in [4.78, 5) is 0. The number of nitrogens with two attached hydrogens (primary N) is 1. The smallest absolute Gasteiger partial charge is 0.249 e. The molecule has 6 nitrogen and oxygen atoms in total. The Bertz CT molecular complexity index is 508. The van der Waals surface area contributed by atoms with Crippen LogP contribution in [0.15, 0.2) is 10.5 Å². The Morgan fingerprint density at radius 3 is 2.76 bits per heavy atom. The van der Waals surface area contributed by atoms with Gasteiger partial charge < -0.3 is 10.2 Å². The molecule has 2 heterocycles. The molecule has 2 aromatic heterocycles. The van der Waals surface area contributed by atoms with Crippen LogP contribution in [0.4, 0.5) is 0 Å². The summed E-state index contributed by atoms with van der Waals surface area (Å²) in [6.45, 7) is 4.39. The van der Waals surface area contributed by atoms with Crippen LogP contribution in [0.5, 0.6) is 0 Å². The van der Waals surface area contributed by atoms with E-state index < -0.39 is 0 Å². The van der Waals surface area contributed by atoms with E-state index in [-0.39, 0.29) is 0 Å². The van der Waals surface area contributed by atoms with Crippen LogP contribution in [0.1, 0.15) is 24.2 Å². The fraction of sp³-hybridized carbons (Fsp3) is 0.455. The average Bonchev–Trinajstić information content (AvgIpc) is 2.78.